The van der Waals surface area contributed by atoms with E-state index in [0.29, 0.717) is 12.0 Å². The molecule has 0 saturated carbocycles. The number of nitrogens with zero attached hydrogens (tertiary/aromatic N) is 3. The van der Waals surface area contributed by atoms with Gasteiger partial charge in [0, 0.05) is 44.8 Å². The molecule has 22 heavy (non-hydrogen) atoms. The predicted molar refractivity (Wildman–Crippen MR) is 84.8 cm³/mol. The summed E-state index contributed by atoms with van der Waals surface area (Å²) in [5.41, 5.74) is 4.34. The maximum Gasteiger partial charge on any atom is 0.254 e. The number of rotatable bonds is 2. The number of hydrogen-bond acceptors (Lipinski definition) is 3. The van der Waals surface area contributed by atoms with Gasteiger partial charge < -0.3 is 9.80 Å². The SMILES string of the molecule is CN(C)C(=O)c1cncc(-c2ccc3c(c2)CC(=O)N3C)c1. The third-order valence-electron chi connectivity index (χ3n) is 3.88. The molecule has 0 unspecified atom stereocenters. The van der Waals surface area contributed by atoms with Crippen molar-refractivity contribution in [2.24, 2.45) is 0 Å². The molecule has 112 valence electrons. The normalized spacial score (nSPS) is 13.2. The highest BCUT2D eigenvalue weighted by atomic mass is 16.2. The zero-order valence-corrected chi connectivity index (χ0v) is 12.8. The minimum absolute atomic E-state index is 0.0783. The smallest absolute Gasteiger partial charge is 0.254 e. The van der Waals surface area contributed by atoms with Crippen LogP contribution >= 0.6 is 0 Å². The van der Waals surface area contributed by atoms with Gasteiger partial charge in [-0.25, -0.2) is 0 Å². The molecule has 2 amide bonds. The van der Waals surface area contributed by atoms with E-state index in [0.717, 1.165) is 22.4 Å². The van der Waals surface area contributed by atoms with E-state index in [-0.39, 0.29) is 11.8 Å². The summed E-state index contributed by atoms with van der Waals surface area (Å²) < 4.78 is 0. The molecule has 1 aromatic carbocycles. The lowest BCUT2D eigenvalue weighted by Crippen LogP contribution is -2.21. The molecule has 3 rings (SSSR count). The molecule has 0 fully saturated rings. The van der Waals surface area contributed by atoms with Crippen LogP contribution in [0.15, 0.2) is 36.7 Å². The fraction of sp³-hybridized carbons (Fsp3) is 0.235. The molecule has 2 heterocycles. The molecule has 1 aliphatic rings. The standard InChI is InChI=1S/C17H17N3O2/c1-19(2)17(22)14-7-13(9-18-10-14)11-4-5-15-12(6-11)8-16(21)20(15)3/h4-7,9-10H,8H2,1-3H3. The number of carbonyl (C=O) groups is 2. The molecule has 0 atom stereocenters. The van der Waals surface area contributed by atoms with Gasteiger partial charge in [-0.05, 0) is 29.3 Å². The summed E-state index contributed by atoms with van der Waals surface area (Å²) >= 11 is 0. The molecule has 2 aromatic rings. The number of anilines is 1. The van der Waals surface area contributed by atoms with Gasteiger partial charge in [0.15, 0.2) is 0 Å². The van der Waals surface area contributed by atoms with Gasteiger partial charge in [0.05, 0.1) is 12.0 Å². The molecule has 1 aliphatic heterocycles. The Labute approximate surface area is 129 Å². The van der Waals surface area contributed by atoms with Crippen LogP contribution in [-0.2, 0) is 11.2 Å². The van der Waals surface area contributed by atoms with Gasteiger partial charge in [-0.1, -0.05) is 6.07 Å². The van der Waals surface area contributed by atoms with Gasteiger partial charge in [0.1, 0.15) is 0 Å². The molecule has 0 spiro atoms. The highest BCUT2D eigenvalue weighted by Gasteiger charge is 2.24. The van der Waals surface area contributed by atoms with E-state index in [1.807, 2.05) is 24.3 Å². The van der Waals surface area contributed by atoms with Crippen LogP contribution in [0.4, 0.5) is 5.69 Å². The predicted octanol–water partition coefficient (Wildman–Crippen LogP) is 1.97. The molecule has 0 bridgehead atoms. The number of amides is 2. The van der Waals surface area contributed by atoms with Crippen molar-refractivity contribution >= 4 is 17.5 Å². The van der Waals surface area contributed by atoms with Crippen molar-refractivity contribution in [2.75, 3.05) is 26.0 Å². The summed E-state index contributed by atoms with van der Waals surface area (Å²) in [6.45, 7) is 0. The fourth-order valence-corrected chi connectivity index (χ4v) is 2.62. The van der Waals surface area contributed by atoms with E-state index in [9.17, 15) is 9.59 Å². The summed E-state index contributed by atoms with van der Waals surface area (Å²) in [5.74, 6) is 0.0206. The quantitative estimate of drug-likeness (QED) is 0.851. The zero-order chi connectivity index (χ0) is 15.9. The maximum atomic E-state index is 12.0. The highest BCUT2D eigenvalue weighted by Crippen LogP contribution is 2.32. The number of benzene rings is 1. The lowest BCUT2D eigenvalue weighted by molar-refractivity contribution is -0.117. The summed E-state index contributed by atoms with van der Waals surface area (Å²) in [6.07, 6.45) is 3.72. The van der Waals surface area contributed by atoms with Gasteiger partial charge >= 0.3 is 0 Å². The van der Waals surface area contributed by atoms with Crippen LogP contribution in [0.25, 0.3) is 11.1 Å². The molecule has 1 aromatic heterocycles. The molecular weight excluding hydrogens is 278 g/mol. The van der Waals surface area contributed by atoms with Crippen LogP contribution in [0, 0.1) is 0 Å². The maximum absolute atomic E-state index is 12.0. The number of hydrogen-bond donors (Lipinski definition) is 0. The minimum Gasteiger partial charge on any atom is -0.345 e. The Balaban J connectivity index is 1.99. The summed E-state index contributed by atoms with van der Waals surface area (Å²) in [5, 5.41) is 0. The van der Waals surface area contributed by atoms with Gasteiger partial charge in [0.25, 0.3) is 5.91 Å². The first-order valence-corrected chi connectivity index (χ1v) is 7.04. The van der Waals surface area contributed by atoms with Crippen molar-refractivity contribution in [1.82, 2.24) is 9.88 Å². The second-order valence-electron chi connectivity index (χ2n) is 5.63. The Morgan fingerprint density at radius 3 is 2.68 bits per heavy atom. The summed E-state index contributed by atoms with van der Waals surface area (Å²) in [7, 11) is 5.21. The Kier molecular flexibility index (Phi) is 3.41. The van der Waals surface area contributed by atoms with E-state index < -0.39 is 0 Å². The number of likely N-dealkylation sites (N-methyl/N-ethyl adjacent to an activating group) is 1. The first-order valence-electron chi connectivity index (χ1n) is 7.04. The van der Waals surface area contributed by atoms with Crippen LogP contribution in [0.3, 0.4) is 0 Å². The van der Waals surface area contributed by atoms with E-state index in [2.05, 4.69) is 4.98 Å². The Hall–Kier alpha value is -2.69. The van der Waals surface area contributed by atoms with Crippen molar-refractivity contribution < 1.29 is 9.59 Å². The number of pyridine rings is 1. The van der Waals surface area contributed by atoms with Gasteiger partial charge in [-0.2, -0.15) is 0 Å². The minimum atomic E-state index is -0.0783. The third-order valence-corrected chi connectivity index (χ3v) is 3.88. The first kappa shape index (κ1) is 14.3. The van der Waals surface area contributed by atoms with Crippen molar-refractivity contribution in [2.45, 2.75) is 6.42 Å². The Bertz CT molecular complexity index is 768. The average molecular weight is 295 g/mol. The van der Waals surface area contributed by atoms with Crippen LogP contribution in [-0.4, -0.2) is 42.8 Å². The number of fused-ring (bicyclic) bond motifs is 1. The lowest BCUT2D eigenvalue weighted by Gasteiger charge is -2.12. The molecule has 5 nitrogen and oxygen atoms in total. The van der Waals surface area contributed by atoms with Crippen LogP contribution in [0.2, 0.25) is 0 Å². The lowest BCUT2D eigenvalue weighted by atomic mass is 10.0. The monoisotopic (exact) mass is 295 g/mol. The Morgan fingerprint density at radius 1 is 1.18 bits per heavy atom. The van der Waals surface area contributed by atoms with E-state index >= 15 is 0 Å². The number of carbonyl (C=O) groups excluding carboxylic acids is 2. The first-order chi connectivity index (χ1) is 10.5. The van der Waals surface area contributed by atoms with Gasteiger partial charge in [-0.3, -0.25) is 14.6 Å². The van der Waals surface area contributed by atoms with Crippen LogP contribution in [0.5, 0.6) is 0 Å². The fourth-order valence-electron chi connectivity index (χ4n) is 2.62. The number of aromatic nitrogens is 1. The van der Waals surface area contributed by atoms with Gasteiger partial charge in [0.2, 0.25) is 5.91 Å². The largest absolute Gasteiger partial charge is 0.345 e. The highest BCUT2D eigenvalue weighted by molar-refractivity contribution is 6.01. The second kappa shape index (κ2) is 5.26. The molecule has 0 N–H and O–H groups in total. The summed E-state index contributed by atoms with van der Waals surface area (Å²) in [6, 6.07) is 7.72. The molecular formula is C17H17N3O2. The third kappa shape index (κ3) is 2.35. The van der Waals surface area contributed by atoms with E-state index in [4.69, 9.17) is 0 Å². The molecule has 0 radical (unpaired) electrons. The van der Waals surface area contributed by atoms with Crippen molar-refractivity contribution in [3.05, 3.63) is 47.8 Å². The average Bonchev–Trinajstić information content (AvgIpc) is 2.81. The molecule has 5 heteroatoms. The van der Waals surface area contributed by atoms with Crippen molar-refractivity contribution in [3.8, 4) is 11.1 Å². The summed E-state index contributed by atoms with van der Waals surface area (Å²) in [4.78, 5) is 31.2. The van der Waals surface area contributed by atoms with Crippen molar-refractivity contribution in [1.29, 1.82) is 0 Å². The van der Waals surface area contributed by atoms with E-state index in [1.165, 1.54) is 4.90 Å². The van der Waals surface area contributed by atoms with Crippen LogP contribution in [0.1, 0.15) is 15.9 Å². The second-order valence-corrected chi connectivity index (χ2v) is 5.63. The molecule has 0 saturated heterocycles. The van der Waals surface area contributed by atoms with Crippen molar-refractivity contribution in [3.63, 3.8) is 0 Å². The zero-order valence-electron chi connectivity index (χ0n) is 12.8. The molecule has 0 aliphatic carbocycles. The Morgan fingerprint density at radius 2 is 1.95 bits per heavy atom. The van der Waals surface area contributed by atoms with E-state index in [1.54, 1.807) is 38.4 Å². The van der Waals surface area contributed by atoms with Crippen LogP contribution < -0.4 is 4.90 Å². The van der Waals surface area contributed by atoms with Gasteiger partial charge in [-0.15, -0.1) is 0 Å². The topological polar surface area (TPSA) is 53.5 Å².